The third kappa shape index (κ3) is 3.01. The van der Waals surface area contributed by atoms with Crippen molar-refractivity contribution < 1.29 is 14.3 Å². The van der Waals surface area contributed by atoms with Crippen LogP contribution in [0.15, 0.2) is 30.3 Å². The molecule has 0 unspecified atom stereocenters. The van der Waals surface area contributed by atoms with Gasteiger partial charge in [0.25, 0.3) is 5.91 Å². The van der Waals surface area contributed by atoms with E-state index in [2.05, 4.69) is 0 Å². The summed E-state index contributed by atoms with van der Waals surface area (Å²) in [5.41, 5.74) is 0.748. The Morgan fingerprint density at radius 3 is 2.55 bits per heavy atom. The first-order valence-corrected chi connectivity index (χ1v) is 8.20. The van der Waals surface area contributed by atoms with Gasteiger partial charge < -0.3 is 9.64 Å². The van der Waals surface area contributed by atoms with Crippen LogP contribution in [0.1, 0.15) is 49.4 Å². The Hall–Kier alpha value is -1.84. The van der Waals surface area contributed by atoms with Crippen molar-refractivity contribution in [3.63, 3.8) is 0 Å². The number of carbonyl (C=O) groups excluding carboxylic acids is 2. The van der Waals surface area contributed by atoms with E-state index in [4.69, 9.17) is 4.74 Å². The van der Waals surface area contributed by atoms with E-state index in [9.17, 15) is 9.59 Å². The minimum Gasteiger partial charge on any atom is -0.462 e. The summed E-state index contributed by atoms with van der Waals surface area (Å²) in [5.74, 6) is 0.190. The van der Waals surface area contributed by atoms with Crippen LogP contribution in [0.4, 0.5) is 0 Å². The highest BCUT2D eigenvalue weighted by Gasteiger charge is 2.42. The Bertz CT molecular complexity index is 543. The topological polar surface area (TPSA) is 46.6 Å². The van der Waals surface area contributed by atoms with Gasteiger partial charge in [0.05, 0.1) is 0 Å². The summed E-state index contributed by atoms with van der Waals surface area (Å²) in [5, 5.41) is 0. The number of ether oxygens (including phenoxy) is 1. The van der Waals surface area contributed by atoms with Crippen LogP contribution in [0.5, 0.6) is 0 Å². The number of nitrogens with zero attached hydrogens (tertiary/aromatic N) is 1. The summed E-state index contributed by atoms with van der Waals surface area (Å²) in [7, 11) is 0. The van der Waals surface area contributed by atoms with Gasteiger partial charge in [-0.1, -0.05) is 31.0 Å². The number of benzene rings is 1. The Morgan fingerprint density at radius 1 is 1.09 bits per heavy atom. The summed E-state index contributed by atoms with van der Waals surface area (Å²) in [6.45, 7) is 2.15. The molecule has 1 aromatic carbocycles. The van der Waals surface area contributed by atoms with Gasteiger partial charge in [0.15, 0.2) is 0 Å². The van der Waals surface area contributed by atoms with E-state index in [0.29, 0.717) is 12.5 Å². The van der Waals surface area contributed by atoms with Crippen LogP contribution in [-0.4, -0.2) is 35.5 Å². The molecule has 2 fully saturated rings. The van der Waals surface area contributed by atoms with Gasteiger partial charge in [-0.15, -0.1) is 0 Å². The molecule has 0 aromatic heterocycles. The summed E-state index contributed by atoms with van der Waals surface area (Å²) < 4.78 is 5.52. The number of amides is 1. The lowest BCUT2D eigenvalue weighted by molar-refractivity contribution is -0.154. The molecule has 2 aliphatic rings. The minimum atomic E-state index is -0.211. The summed E-state index contributed by atoms with van der Waals surface area (Å²) >= 11 is 0. The van der Waals surface area contributed by atoms with E-state index in [0.717, 1.165) is 37.7 Å². The molecule has 4 heteroatoms. The molecule has 22 heavy (non-hydrogen) atoms. The zero-order valence-corrected chi connectivity index (χ0v) is 13.0. The van der Waals surface area contributed by atoms with Gasteiger partial charge in [-0.05, 0) is 25.0 Å². The average Bonchev–Trinajstić information content (AvgIpc) is 2.55. The smallest absolute Gasteiger partial charge is 0.302 e. The van der Waals surface area contributed by atoms with Gasteiger partial charge in [-0.3, -0.25) is 9.59 Å². The molecule has 1 saturated heterocycles. The maximum atomic E-state index is 12.8. The molecule has 0 radical (unpaired) electrons. The molecule has 0 bridgehead atoms. The molecule has 0 spiro atoms. The van der Waals surface area contributed by atoms with Crippen LogP contribution in [0.25, 0.3) is 0 Å². The van der Waals surface area contributed by atoms with Crippen LogP contribution < -0.4 is 0 Å². The van der Waals surface area contributed by atoms with Crippen molar-refractivity contribution in [1.29, 1.82) is 0 Å². The zero-order valence-electron chi connectivity index (χ0n) is 13.0. The first-order chi connectivity index (χ1) is 10.7. The lowest BCUT2D eigenvalue weighted by Crippen LogP contribution is -2.55. The standard InChI is InChI=1S/C18H23NO3/c1-13(20)22-17-11-12-19(16-10-6-5-9-15(16)17)18(21)14-7-3-2-4-8-14/h2-4,7-8,15-17H,5-6,9-12H2,1H3/t15-,16+,17-/m0/s1. The van der Waals surface area contributed by atoms with E-state index in [-0.39, 0.29) is 24.0 Å². The number of esters is 1. The fourth-order valence-electron chi connectivity index (χ4n) is 3.97. The maximum Gasteiger partial charge on any atom is 0.302 e. The number of hydrogen-bond acceptors (Lipinski definition) is 3. The number of piperidine rings is 1. The predicted molar refractivity (Wildman–Crippen MR) is 83.4 cm³/mol. The predicted octanol–water partition coefficient (Wildman–Crippen LogP) is 3.02. The number of hydrogen-bond donors (Lipinski definition) is 0. The molecule has 4 nitrogen and oxygen atoms in total. The Morgan fingerprint density at radius 2 is 1.82 bits per heavy atom. The number of carbonyl (C=O) groups is 2. The average molecular weight is 301 g/mol. The van der Waals surface area contributed by atoms with Gasteiger partial charge >= 0.3 is 5.97 Å². The first-order valence-electron chi connectivity index (χ1n) is 8.20. The van der Waals surface area contributed by atoms with Crippen molar-refractivity contribution in [2.45, 2.75) is 51.2 Å². The molecule has 3 rings (SSSR count). The van der Waals surface area contributed by atoms with Crippen molar-refractivity contribution in [3.05, 3.63) is 35.9 Å². The third-order valence-electron chi connectivity index (χ3n) is 4.91. The fourth-order valence-corrected chi connectivity index (χ4v) is 3.97. The molecule has 1 aliphatic heterocycles. The third-order valence-corrected chi connectivity index (χ3v) is 4.91. The highest BCUT2D eigenvalue weighted by atomic mass is 16.5. The lowest BCUT2D eigenvalue weighted by atomic mass is 9.76. The molecule has 1 aromatic rings. The normalized spacial score (nSPS) is 27.9. The molecule has 0 N–H and O–H groups in total. The number of rotatable bonds is 2. The molecular formula is C18H23NO3. The molecule has 1 amide bonds. The molecule has 1 aliphatic carbocycles. The van der Waals surface area contributed by atoms with Crippen LogP contribution in [0.2, 0.25) is 0 Å². The van der Waals surface area contributed by atoms with Gasteiger partial charge in [0.1, 0.15) is 6.10 Å². The quantitative estimate of drug-likeness (QED) is 0.789. The molecule has 3 atom stereocenters. The van der Waals surface area contributed by atoms with E-state index >= 15 is 0 Å². The Kier molecular flexibility index (Phi) is 4.46. The molecular weight excluding hydrogens is 278 g/mol. The largest absolute Gasteiger partial charge is 0.462 e. The van der Waals surface area contributed by atoms with Crippen molar-refractivity contribution in [2.75, 3.05) is 6.54 Å². The van der Waals surface area contributed by atoms with Crippen LogP contribution in [0.3, 0.4) is 0 Å². The second kappa shape index (κ2) is 6.51. The van der Waals surface area contributed by atoms with Crippen LogP contribution in [-0.2, 0) is 9.53 Å². The van der Waals surface area contributed by atoms with Crippen molar-refractivity contribution in [2.24, 2.45) is 5.92 Å². The fraction of sp³-hybridized carbons (Fsp3) is 0.556. The van der Waals surface area contributed by atoms with E-state index in [1.807, 2.05) is 35.2 Å². The van der Waals surface area contributed by atoms with E-state index < -0.39 is 0 Å². The van der Waals surface area contributed by atoms with E-state index in [1.165, 1.54) is 6.92 Å². The highest BCUT2D eigenvalue weighted by Crippen LogP contribution is 2.37. The van der Waals surface area contributed by atoms with Gasteiger partial charge in [0.2, 0.25) is 0 Å². The second-order valence-electron chi connectivity index (χ2n) is 6.32. The lowest BCUT2D eigenvalue weighted by Gasteiger charge is -2.47. The summed E-state index contributed by atoms with van der Waals surface area (Å²) in [4.78, 5) is 26.1. The van der Waals surface area contributed by atoms with Crippen LogP contribution >= 0.6 is 0 Å². The first kappa shape index (κ1) is 15.1. The molecule has 1 saturated carbocycles. The van der Waals surface area contributed by atoms with Gasteiger partial charge in [-0.25, -0.2) is 0 Å². The number of fused-ring (bicyclic) bond motifs is 1. The Labute approximate surface area is 131 Å². The van der Waals surface area contributed by atoms with Gasteiger partial charge in [-0.2, -0.15) is 0 Å². The minimum absolute atomic E-state index is 0.0253. The molecule has 118 valence electrons. The number of likely N-dealkylation sites (tertiary alicyclic amines) is 1. The highest BCUT2D eigenvalue weighted by molar-refractivity contribution is 5.94. The van der Waals surface area contributed by atoms with Crippen LogP contribution in [0, 0.1) is 5.92 Å². The van der Waals surface area contributed by atoms with Gasteiger partial charge in [0, 0.05) is 37.4 Å². The SMILES string of the molecule is CC(=O)O[C@H]1CCN(C(=O)c2ccccc2)[C@@H]2CCCC[C@H]12. The summed E-state index contributed by atoms with van der Waals surface area (Å²) in [6.07, 6.45) is 5.09. The zero-order chi connectivity index (χ0) is 15.5. The molecule has 1 heterocycles. The maximum absolute atomic E-state index is 12.8. The van der Waals surface area contributed by atoms with Crippen molar-refractivity contribution >= 4 is 11.9 Å². The van der Waals surface area contributed by atoms with Crippen molar-refractivity contribution in [1.82, 2.24) is 4.90 Å². The Balaban J connectivity index is 1.79. The summed E-state index contributed by atoms with van der Waals surface area (Å²) in [6, 6.07) is 9.68. The second-order valence-corrected chi connectivity index (χ2v) is 6.32. The monoisotopic (exact) mass is 301 g/mol. The van der Waals surface area contributed by atoms with E-state index in [1.54, 1.807) is 0 Å². The van der Waals surface area contributed by atoms with Crippen molar-refractivity contribution in [3.8, 4) is 0 Å².